The van der Waals surface area contributed by atoms with Crippen molar-refractivity contribution in [1.29, 1.82) is 0 Å². The number of amides is 3. The van der Waals surface area contributed by atoms with E-state index >= 15 is 0 Å². The number of fused-ring (bicyclic) bond motifs is 3. The topological polar surface area (TPSA) is 103 Å². The average Bonchev–Trinajstić information content (AvgIpc) is 3.38. The van der Waals surface area contributed by atoms with Crippen LogP contribution in [0.2, 0.25) is 0 Å². The highest BCUT2D eigenvalue weighted by Gasteiger charge is 2.37. The van der Waals surface area contributed by atoms with Crippen LogP contribution in [0.15, 0.2) is 48.5 Å². The second-order valence-corrected chi connectivity index (χ2v) is 11.4. The highest BCUT2D eigenvalue weighted by Crippen LogP contribution is 2.41. The minimum absolute atomic E-state index is 0.00761. The third-order valence-electron chi connectivity index (χ3n) is 7.43. The van der Waals surface area contributed by atoms with E-state index in [1.165, 1.54) is 0 Å². The first-order chi connectivity index (χ1) is 17.3. The second-order valence-electron chi connectivity index (χ2n) is 11.4. The molecule has 7 heteroatoms. The van der Waals surface area contributed by atoms with Gasteiger partial charge in [-0.3, -0.25) is 9.69 Å². The molecule has 1 saturated heterocycles. The number of primary amides is 1. The predicted octanol–water partition coefficient (Wildman–Crippen LogP) is 5.66. The monoisotopic (exact) mass is 498 g/mol. The molecule has 0 atom stereocenters. The molecule has 1 aromatic heterocycles. The number of aromatic nitrogens is 1. The summed E-state index contributed by atoms with van der Waals surface area (Å²) in [6.45, 7) is 13.0. The van der Waals surface area contributed by atoms with E-state index in [4.69, 9.17) is 5.73 Å². The number of hydrogen-bond donors (Lipinski definition) is 3. The third kappa shape index (κ3) is 4.03. The molecule has 7 nitrogen and oxygen atoms in total. The van der Waals surface area contributed by atoms with Crippen molar-refractivity contribution in [3.63, 3.8) is 0 Å². The molecule has 3 aromatic carbocycles. The van der Waals surface area contributed by atoms with Gasteiger partial charge in [0.05, 0.1) is 16.7 Å². The summed E-state index contributed by atoms with van der Waals surface area (Å²) < 4.78 is 0. The van der Waals surface area contributed by atoms with E-state index in [-0.39, 0.29) is 11.6 Å². The first-order valence-electron chi connectivity index (χ1n) is 12.6. The van der Waals surface area contributed by atoms with Gasteiger partial charge in [-0.2, -0.15) is 0 Å². The van der Waals surface area contributed by atoms with Crippen molar-refractivity contribution >= 4 is 39.4 Å². The van der Waals surface area contributed by atoms with Crippen LogP contribution >= 0.6 is 0 Å². The number of aliphatic hydroxyl groups is 1. The summed E-state index contributed by atoms with van der Waals surface area (Å²) in [6.07, 6.45) is 0. The van der Waals surface area contributed by atoms with E-state index in [2.05, 4.69) is 25.8 Å². The van der Waals surface area contributed by atoms with Crippen LogP contribution in [0.1, 0.15) is 56.1 Å². The SMILES string of the molecule is Cc1c(-c2ccc(C(N)=O)c3[nH]c4cc(C(C)(C)O)ccc4c23)cccc1N1CCN(C(C)(C)C)C1=O. The van der Waals surface area contributed by atoms with Crippen LogP contribution in [0.5, 0.6) is 0 Å². The zero-order chi connectivity index (χ0) is 26.9. The smallest absolute Gasteiger partial charge is 0.325 e. The number of aromatic amines is 1. The number of carbonyl (C=O) groups is 2. The molecule has 4 N–H and O–H groups in total. The molecule has 3 amide bonds. The summed E-state index contributed by atoms with van der Waals surface area (Å²) in [5.74, 6) is -0.513. The summed E-state index contributed by atoms with van der Waals surface area (Å²) in [7, 11) is 0. The lowest BCUT2D eigenvalue weighted by Gasteiger charge is -2.31. The van der Waals surface area contributed by atoms with Crippen LogP contribution in [-0.4, -0.2) is 45.6 Å². The highest BCUT2D eigenvalue weighted by molar-refractivity contribution is 6.20. The Morgan fingerprint density at radius 2 is 1.73 bits per heavy atom. The molecule has 0 radical (unpaired) electrons. The molecule has 0 unspecified atom stereocenters. The van der Waals surface area contributed by atoms with Crippen LogP contribution in [-0.2, 0) is 5.60 Å². The molecule has 4 aromatic rings. The molecule has 37 heavy (non-hydrogen) atoms. The first-order valence-corrected chi connectivity index (χ1v) is 12.6. The molecular weight excluding hydrogens is 464 g/mol. The van der Waals surface area contributed by atoms with Gasteiger partial charge in [-0.15, -0.1) is 0 Å². The fraction of sp³-hybridized carbons (Fsp3) is 0.333. The Morgan fingerprint density at radius 1 is 1.00 bits per heavy atom. The Labute approximate surface area is 216 Å². The molecule has 1 fully saturated rings. The number of nitrogens with two attached hydrogens (primary N) is 1. The average molecular weight is 499 g/mol. The molecule has 5 rings (SSSR count). The van der Waals surface area contributed by atoms with Crippen molar-refractivity contribution in [3.05, 3.63) is 65.2 Å². The Balaban J connectivity index is 1.72. The predicted molar refractivity (Wildman–Crippen MR) is 149 cm³/mol. The largest absolute Gasteiger partial charge is 0.386 e. The number of urea groups is 1. The van der Waals surface area contributed by atoms with Gasteiger partial charge in [-0.05, 0) is 82.0 Å². The zero-order valence-corrected chi connectivity index (χ0v) is 22.3. The van der Waals surface area contributed by atoms with E-state index in [1.807, 2.05) is 59.2 Å². The summed E-state index contributed by atoms with van der Waals surface area (Å²) in [5, 5.41) is 12.4. The van der Waals surface area contributed by atoms with Crippen LogP contribution in [0.25, 0.3) is 32.9 Å². The van der Waals surface area contributed by atoms with Crippen molar-refractivity contribution in [2.75, 3.05) is 18.0 Å². The van der Waals surface area contributed by atoms with Gasteiger partial charge in [0.1, 0.15) is 0 Å². The van der Waals surface area contributed by atoms with E-state index in [9.17, 15) is 14.7 Å². The van der Waals surface area contributed by atoms with E-state index in [0.717, 1.165) is 44.2 Å². The molecule has 1 aliphatic heterocycles. The van der Waals surface area contributed by atoms with Crippen molar-refractivity contribution in [2.24, 2.45) is 5.73 Å². The maximum absolute atomic E-state index is 13.3. The van der Waals surface area contributed by atoms with Gasteiger partial charge in [0.2, 0.25) is 0 Å². The van der Waals surface area contributed by atoms with Crippen LogP contribution < -0.4 is 10.6 Å². The second kappa shape index (κ2) is 8.35. The van der Waals surface area contributed by atoms with Gasteiger partial charge in [0.25, 0.3) is 5.91 Å². The Kier molecular flexibility index (Phi) is 5.60. The standard InChI is InChI=1S/C30H34N4O3/c1-17-19(8-7-9-24(17)33-14-15-34(28(33)36)29(2,3)4)20-12-13-22(27(31)35)26-25(20)21-11-10-18(30(5,6)37)16-23(21)32-26/h7-13,16,32,37H,14-15H2,1-6H3,(H2,31,35). The van der Waals surface area contributed by atoms with Gasteiger partial charge in [0.15, 0.2) is 0 Å². The van der Waals surface area contributed by atoms with Crippen LogP contribution in [0.4, 0.5) is 10.5 Å². The number of rotatable bonds is 4. The summed E-state index contributed by atoms with van der Waals surface area (Å²) in [6, 6.07) is 15.5. The number of anilines is 1. The summed E-state index contributed by atoms with van der Waals surface area (Å²) in [4.78, 5) is 32.8. The van der Waals surface area contributed by atoms with E-state index in [0.29, 0.717) is 24.2 Å². The zero-order valence-electron chi connectivity index (χ0n) is 22.3. The van der Waals surface area contributed by atoms with Gasteiger partial charge in [-0.25, -0.2) is 4.79 Å². The molecule has 192 valence electrons. The lowest BCUT2D eigenvalue weighted by molar-refractivity contribution is 0.0787. The van der Waals surface area contributed by atoms with Crippen LogP contribution in [0, 0.1) is 6.92 Å². The van der Waals surface area contributed by atoms with Gasteiger partial charge < -0.3 is 20.7 Å². The number of nitrogens with zero attached hydrogens (tertiary/aromatic N) is 2. The maximum atomic E-state index is 13.3. The Bertz CT molecular complexity index is 1570. The molecule has 0 spiro atoms. The first kappa shape index (κ1) is 24.8. The molecule has 2 heterocycles. The van der Waals surface area contributed by atoms with Gasteiger partial charge in [0, 0.05) is 40.6 Å². The number of benzene rings is 3. The summed E-state index contributed by atoms with van der Waals surface area (Å²) >= 11 is 0. The number of nitrogens with one attached hydrogen (secondary N) is 1. The third-order valence-corrected chi connectivity index (χ3v) is 7.43. The molecule has 0 bridgehead atoms. The number of carbonyl (C=O) groups excluding carboxylic acids is 2. The summed E-state index contributed by atoms with van der Waals surface area (Å²) in [5.41, 5.74) is 10.9. The quantitative estimate of drug-likeness (QED) is 0.338. The van der Waals surface area contributed by atoms with Crippen molar-refractivity contribution < 1.29 is 14.7 Å². The Hall–Kier alpha value is -3.84. The molecule has 0 saturated carbocycles. The normalized spacial score (nSPS) is 14.8. The number of hydrogen-bond acceptors (Lipinski definition) is 3. The van der Waals surface area contributed by atoms with Gasteiger partial charge >= 0.3 is 6.03 Å². The van der Waals surface area contributed by atoms with E-state index < -0.39 is 11.5 Å². The lowest BCUT2D eigenvalue weighted by Crippen LogP contribution is -2.44. The highest BCUT2D eigenvalue weighted by atomic mass is 16.3. The maximum Gasteiger partial charge on any atom is 0.325 e. The number of H-pyrrole nitrogens is 1. The fourth-order valence-corrected chi connectivity index (χ4v) is 5.41. The van der Waals surface area contributed by atoms with Crippen LogP contribution in [0.3, 0.4) is 0 Å². The van der Waals surface area contributed by atoms with E-state index in [1.54, 1.807) is 19.9 Å². The Morgan fingerprint density at radius 3 is 2.35 bits per heavy atom. The van der Waals surface area contributed by atoms with Crippen molar-refractivity contribution in [3.8, 4) is 11.1 Å². The fourth-order valence-electron chi connectivity index (χ4n) is 5.41. The molecule has 0 aliphatic carbocycles. The van der Waals surface area contributed by atoms with Gasteiger partial charge in [-0.1, -0.05) is 30.3 Å². The van der Waals surface area contributed by atoms with Crippen molar-refractivity contribution in [2.45, 2.75) is 52.7 Å². The minimum atomic E-state index is -1.01. The minimum Gasteiger partial charge on any atom is -0.386 e. The molecule has 1 aliphatic rings. The lowest BCUT2D eigenvalue weighted by atomic mass is 9.92. The molecular formula is C30H34N4O3. The van der Waals surface area contributed by atoms with Crippen molar-refractivity contribution in [1.82, 2.24) is 9.88 Å².